The van der Waals surface area contributed by atoms with Gasteiger partial charge in [0.1, 0.15) is 11.9 Å². The summed E-state index contributed by atoms with van der Waals surface area (Å²) in [5.41, 5.74) is 3.52. The number of aromatic nitrogens is 4. The summed E-state index contributed by atoms with van der Waals surface area (Å²) in [6.07, 6.45) is 2.89. The van der Waals surface area contributed by atoms with Crippen LogP contribution in [0.4, 0.5) is 0 Å². The lowest BCUT2D eigenvalue weighted by Crippen LogP contribution is -1.86. The lowest BCUT2D eigenvalue weighted by Gasteiger charge is -2.05. The largest absolute Gasteiger partial charge is 0.336 e. The van der Waals surface area contributed by atoms with Gasteiger partial charge in [-0.25, -0.2) is 0 Å². The van der Waals surface area contributed by atoms with Gasteiger partial charge in [0.25, 0.3) is 0 Å². The number of benzene rings is 2. The monoisotopic (exact) mass is 305 g/mol. The molecule has 22 heavy (non-hydrogen) atoms. The molecule has 6 heteroatoms. The average Bonchev–Trinajstić information content (AvgIpc) is 3.27. The minimum Gasteiger partial charge on any atom is -0.336 e. The van der Waals surface area contributed by atoms with Gasteiger partial charge in [0.05, 0.1) is 4.88 Å². The summed E-state index contributed by atoms with van der Waals surface area (Å²) in [6, 6.07) is 17.7. The van der Waals surface area contributed by atoms with Crippen LogP contribution >= 0.6 is 11.5 Å². The molecule has 2 heterocycles. The van der Waals surface area contributed by atoms with Gasteiger partial charge in [0.2, 0.25) is 0 Å². The minimum atomic E-state index is 0.644. The van der Waals surface area contributed by atoms with Crippen LogP contribution in [0.1, 0.15) is 0 Å². The Morgan fingerprint density at radius 1 is 0.909 bits per heavy atom. The number of hydrogen-bond donors (Lipinski definition) is 0. The van der Waals surface area contributed by atoms with Gasteiger partial charge in [-0.05, 0) is 11.5 Å². The Balaban J connectivity index is 1.90. The highest BCUT2D eigenvalue weighted by molar-refractivity contribution is 7.09. The molecule has 0 spiro atoms. The average molecular weight is 305 g/mol. The first-order valence-corrected chi connectivity index (χ1v) is 7.38. The number of nitrogens with zero attached hydrogens (tertiary/aromatic N) is 4. The van der Waals surface area contributed by atoms with Crippen molar-refractivity contribution < 1.29 is 4.52 Å². The van der Waals surface area contributed by atoms with Crippen LogP contribution in [0.2, 0.25) is 0 Å². The Labute approximate surface area is 130 Å². The molecule has 105 valence electrons. The maximum Gasteiger partial charge on any atom is 0.195 e. The Morgan fingerprint density at radius 3 is 2.45 bits per heavy atom. The van der Waals surface area contributed by atoms with E-state index in [0.29, 0.717) is 11.5 Å². The molecule has 5 nitrogen and oxygen atoms in total. The van der Waals surface area contributed by atoms with E-state index in [1.807, 2.05) is 54.6 Å². The molecule has 0 fully saturated rings. The predicted molar refractivity (Wildman–Crippen MR) is 82.9 cm³/mol. The van der Waals surface area contributed by atoms with Crippen molar-refractivity contribution in [2.24, 2.45) is 0 Å². The van der Waals surface area contributed by atoms with E-state index in [9.17, 15) is 0 Å². The van der Waals surface area contributed by atoms with Gasteiger partial charge in [-0.3, -0.25) is 0 Å². The molecular formula is C16H9N4OS. The van der Waals surface area contributed by atoms with Crippen LogP contribution in [-0.4, -0.2) is 20.0 Å². The molecule has 2 aromatic carbocycles. The standard InChI is InChI=1S/C16H9N4OS/c1-2-6-11(7-3-1)16-15(18-19-21-16)13-9-5-4-8-12(13)14-10-17-20-22-14/h1-9H. The second kappa shape index (κ2) is 5.50. The normalized spacial score (nSPS) is 10.7. The van der Waals surface area contributed by atoms with E-state index in [1.165, 1.54) is 11.5 Å². The molecule has 0 aliphatic carbocycles. The highest BCUT2D eigenvalue weighted by Crippen LogP contribution is 2.36. The molecule has 0 atom stereocenters. The number of hydrogen-bond acceptors (Lipinski definition) is 6. The second-order valence-electron chi connectivity index (χ2n) is 4.58. The molecule has 4 rings (SSSR count). The Morgan fingerprint density at radius 2 is 1.68 bits per heavy atom. The molecular weight excluding hydrogens is 296 g/mol. The van der Waals surface area contributed by atoms with Gasteiger partial charge in [-0.1, -0.05) is 59.1 Å². The van der Waals surface area contributed by atoms with Crippen molar-refractivity contribution in [2.45, 2.75) is 0 Å². The van der Waals surface area contributed by atoms with Crippen molar-refractivity contribution in [1.29, 1.82) is 0 Å². The van der Waals surface area contributed by atoms with Crippen molar-refractivity contribution in [3.8, 4) is 33.0 Å². The summed E-state index contributed by atoms with van der Waals surface area (Å²) in [6.45, 7) is 0. The molecule has 0 aliphatic heterocycles. The molecule has 0 aliphatic rings. The van der Waals surface area contributed by atoms with Crippen LogP contribution in [0, 0.1) is 6.20 Å². The van der Waals surface area contributed by atoms with Gasteiger partial charge in [-0.2, -0.15) is 0 Å². The zero-order chi connectivity index (χ0) is 14.8. The summed E-state index contributed by atoms with van der Waals surface area (Å²) in [7, 11) is 0. The summed E-state index contributed by atoms with van der Waals surface area (Å²) in [5.74, 6) is 0.644. The lowest BCUT2D eigenvalue weighted by molar-refractivity contribution is 0.403. The summed E-state index contributed by atoms with van der Waals surface area (Å²) < 4.78 is 9.26. The summed E-state index contributed by atoms with van der Waals surface area (Å²) in [4.78, 5) is 0.859. The lowest BCUT2D eigenvalue weighted by atomic mass is 10.0. The van der Waals surface area contributed by atoms with Gasteiger partial charge < -0.3 is 4.52 Å². The summed E-state index contributed by atoms with van der Waals surface area (Å²) >= 11 is 1.29. The van der Waals surface area contributed by atoms with Crippen LogP contribution in [0.25, 0.3) is 33.0 Å². The van der Waals surface area contributed by atoms with Gasteiger partial charge in [-0.15, -0.1) is 10.2 Å². The fraction of sp³-hybridized carbons (Fsp3) is 0. The summed E-state index contributed by atoms with van der Waals surface area (Å²) in [5, 5.41) is 11.7. The van der Waals surface area contributed by atoms with Gasteiger partial charge in [0.15, 0.2) is 5.76 Å². The van der Waals surface area contributed by atoms with Crippen LogP contribution in [0.5, 0.6) is 0 Å². The highest BCUT2D eigenvalue weighted by atomic mass is 32.1. The molecule has 2 aromatic heterocycles. The maximum atomic E-state index is 5.38. The van der Waals surface area contributed by atoms with Crippen molar-refractivity contribution in [1.82, 2.24) is 20.0 Å². The first-order valence-electron chi connectivity index (χ1n) is 6.61. The van der Waals surface area contributed by atoms with E-state index in [0.717, 1.165) is 21.6 Å². The van der Waals surface area contributed by atoms with Crippen molar-refractivity contribution >= 4 is 11.5 Å². The van der Waals surface area contributed by atoms with E-state index in [4.69, 9.17) is 4.52 Å². The van der Waals surface area contributed by atoms with E-state index in [-0.39, 0.29) is 0 Å². The predicted octanol–water partition coefficient (Wildman–Crippen LogP) is 3.72. The fourth-order valence-corrected chi connectivity index (χ4v) is 2.81. The Bertz CT molecular complexity index is 887. The first kappa shape index (κ1) is 12.8. The molecule has 0 N–H and O–H groups in total. The third-order valence-corrected chi connectivity index (χ3v) is 3.93. The third kappa shape index (κ3) is 2.19. The van der Waals surface area contributed by atoms with E-state index < -0.39 is 0 Å². The second-order valence-corrected chi connectivity index (χ2v) is 5.33. The molecule has 0 bridgehead atoms. The molecule has 0 unspecified atom stereocenters. The SMILES string of the molecule is [c]1nnsc1-c1ccccc1-c1nnoc1-c1ccccc1. The smallest absolute Gasteiger partial charge is 0.195 e. The molecule has 4 aromatic rings. The topological polar surface area (TPSA) is 64.7 Å². The fourth-order valence-electron chi connectivity index (χ4n) is 2.29. The maximum absolute atomic E-state index is 5.38. The highest BCUT2D eigenvalue weighted by Gasteiger charge is 2.18. The quantitative estimate of drug-likeness (QED) is 0.577. The van der Waals surface area contributed by atoms with Crippen LogP contribution in [0.15, 0.2) is 59.1 Å². The zero-order valence-corrected chi connectivity index (χ0v) is 12.1. The molecule has 1 radical (unpaired) electrons. The number of rotatable bonds is 3. The van der Waals surface area contributed by atoms with Crippen LogP contribution in [0.3, 0.4) is 0 Å². The van der Waals surface area contributed by atoms with Gasteiger partial charge >= 0.3 is 0 Å². The van der Waals surface area contributed by atoms with E-state index in [1.54, 1.807) is 0 Å². The van der Waals surface area contributed by atoms with Gasteiger partial charge in [0, 0.05) is 22.0 Å². The zero-order valence-electron chi connectivity index (χ0n) is 11.3. The van der Waals surface area contributed by atoms with Crippen molar-refractivity contribution in [3.05, 3.63) is 60.8 Å². The van der Waals surface area contributed by atoms with Crippen LogP contribution < -0.4 is 0 Å². The van der Waals surface area contributed by atoms with E-state index >= 15 is 0 Å². The Kier molecular flexibility index (Phi) is 3.21. The minimum absolute atomic E-state index is 0.644. The molecule has 0 amide bonds. The molecule has 0 saturated heterocycles. The Hall–Kier alpha value is -2.86. The third-order valence-electron chi connectivity index (χ3n) is 3.28. The van der Waals surface area contributed by atoms with Crippen LogP contribution in [-0.2, 0) is 0 Å². The van der Waals surface area contributed by atoms with E-state index in [2.05, 4.69) is 26.2 Å². The van der Waals surface area contributed by atoms with Crippen molar-refractivity contribution in [2.75, 3.05) is 0 Å². The first-order chi connectivity index (χ1) is 10.9. The van der Waals surface area contributed by atoms with Crippen molar-refractivity contribution in [3.63, 3.8) is 0 Å². The molecule has 0 saturated carbocycles.